The summed E-state index contributed by atoms with van der Waals surface area (Å²) in [7, 11) is -3.63. The predicted molar refractivity (Wildman–Crippen MR) is 52.5 cm³/mol. The summed E-state index contributed by atoms with van der Waals surface area (Å²) in [4.78, 5) is 0.0569. The molecule has 1 atom stereocenters. The van der Waals surface area contributed by atoms with Crippen molar-refractivity contribution in [2.24, 2.45) is 11.1 Å². The third-order valence-corrected chi connectivity index (χ3v) is 3.28. The average Bonchev–Trinajstić information content (AvgIpc) is 2.73. The fraction of sp³-hybridized carbons (Fsp3) is 0.625. The van der Waals surface area contributed by atoms with E-state index in [1.165, 1.54) is 12.4 Å². The van der Waals surface area contributed by atoms with E-state index in [9.17, 15) is 8.42 Å². The van der Waals surface area contributed by atoms with Crippen molar-refractivity contribution in [1.29, 1.82) is 0 Å². The molecule has 1 aromatic rings. The summed E-state index contributed by atoms with van der Waals surface area (Å²) in [5.74, 6) is 0.415. The lowest BCUT2D eigenvalue weighted by atomic mass is 10.1. The van der Waals surface area contributed by atoms with Gasteiger partial charge in [-0.2, -0.15) is 5.10 Å². The number of aromatic nitrogens is 2. The van der Waals surface area contributed by atoms with Gasteiger partial charge in [-0.1, -0.05) is 0 Å². The second kappa shape index (κ2) is 3.92. The summed E-state index contributed by atoms with van der Waals surface area (Å²) in [6.07, 6.45) is 3.71. The Balaban J connectivity index is 2.07. The number of ether oxygens (including phenoxy) is 1. The number of nitrogens with two attached hydrogens (primary N) is 1. The van der Waals surface area contributed by atoms with E-state index >= 15 is 0 Å². The number of hydrogen-bond donors (Lipinski definition) is 1. The monoisotopic (exact) mass is 231 g/mol. The Morgan fingerprint density at radius 2 is 2.47 bits per heavy atom. The molecule has 0 bridgehead atoms. The smallest absolute Gasteiger partial charge is 0.241 e. The SMILES string of the molecule is NS(=O)(=O)c1cnn(CC2CCOC2)c1. The van der Waals surface area contributed by atoms with E-state index in [0.29, 0.717) is 19.1 Å². The molecule has 1 fully saturated rings. The topological polar surface area (TPSA) is 87.2 Å². The zero-order valence-corrected chi connectivity index (χ0v) is 8.98. The first-order chi connectivity index (χ1) is 7.05. The molecule has 0 saturated carbocycles. The molecular formula is C8H13N3O3S. The van der Waals surface area contributed by atoms with Gasteiger partial charge in [0.2, 0.25) is 10.0 Å². The summed E-state index contributed by atoms with van der Waals surface area (Å²) >= 11 is 0. The lowest BCUT2D eigenvalue weighted by Crippen LogP contribution is -2.12. The van der Waals surface area contributed by atoms with Gasteiger partial charge in [-0.25, -0.2) is 13.6 Å². The van der Waals surface area contributed by atoms with E-state index in [0.717, 1.165) is 13.0 Å². The molecule has 2 heterocycles. The molecule has 2 N–H and O–H groups in total. The minimum Gasteiger partial charge on any atom is -0.381 e. The van der Waals surface area contributed by atoms with Gasteiger partial charge in [0, 0.05) is 25.3 Å². The molecule has 1 aliphatic heterocycles. The molecule has 0 amide bonds. The van der Waals surface area contributed by atoms with Gasteiger partial charge >= 0.3 is 0 Å². The minimum absolute atomic E-state index is 0.0569. The Hall–Kier alpha value is -0.920. The maximum atomic E-state index is 11.0. The molecule has 0 aromatic carbocycles. The Bertz CT molecular complexity index is 434. The van der Waals surface area contributed by atoms with Gasteiger partial charge in [-0.15, -0.1) is 0 Å². The molecular weight excluding hydrogens is 218 g/mol. The van der Waals surface area contributed by atoms with Crippen molar-refractivity contribution < 1.29 is 13.2 Å². The van der Waals surface area contributed by atoms with Gasteiger partial charge in [0.15, 0.2) is 0 Å². The summed E-state index contributed by atoms with van der Waals surface area (Å²) < 4.78 is 28.8. The van der Waals surface area contributed by atoms with Crippen LogP contribution < -0.4 is 5.14 Å². The van der Waals surface area contributed by atoms with E-state index in [4.69, 9.17) is 9.88 Å². The highest BCUT2D eigenvalue weighted by Gasteiger charge is 2.17. The van der Waals surface area contributed by atoms with Gasteiger partial charge in [0.05, 0.1) is 12.8 Å². The first kappa shape index (κ1) is 10.6. The number of rotatable bonds is 3. The maximum Gasteiger partial charge on any atom is 0.241 e. The Kier molecular flexibility index (Phi) is 2.76. The summed E-state index contributed by atoms with van der Waals surface area (Å²) in [6, 6.07) is 0. The van der Waals surface area contributed by atoms with Crippen LogP contribution >= 0.6 is 0 Å². The number of sulfonamides is 1. The number of primary sulfonamides is 1. The molecule has 1 unspecified atom stereocenters. The number of hydrogen-bond acceptors (Lipinski definition) is 4. The van der Waals surface area contributed by atoms with Crippen LogP contribution in [0.15, 0.2) is 17.3 Å². The summed E-state index contributed by atoms with van der Waals surface area (Å²) in [6.45, 7) is 2.16. The molecule has 7 heteroatoms. The lowest BCUT2D eigenvalue weighted by Gasteiger charge is -2.06. The van der Waals surface area contributed by atoms with Gasteiger partial charge in [-0.3, -0.25) is 4.68 Å². The highest BCUT2D eigenvalue weighted by molar-refractivity contribution is 7.89. The standard InChI is InChI=1S/C8H13N3O3S/c9-15(12,13)8-3-10-11(5-8)4-7-1-2-14-6-7/h3,5,7H,1-2,4,6H2,(H2,9,12,13). The average molecular weight is 231 g/mol. The maximum absolute atomic E-state index is 11.0. The molecule has 1 saturated heterocycles. The van der Waals surface area contributed by atoms with E-state index in [2.05, 4.69) is 5.10 Å². The van der Waals surface area contributed by atoms with E-state index in [1.807, 2.05) is 0 Å². The van der Waals surface area contributed by atoms with Gasteiger partial charge in [-0.05, 0) is 6.42 Å². The molecule has 1 aromatic heterocycles. The minimum atomic E-state index is -3.63. The normalized spacial score (nSPS) is 22.1. The third kappa shape index (κ3) is 2.55. The lowest BCUT2D eigenvalue weighted by molar-refractivity contribution is 0.181. The van der Waals surface area contributed by atoms with Crippen molar-refractivity contribution in [2.75, 3.05) is 13.2 Å². The van der Waals surface area contributed by atoms with Crippen LogP contribution in [0.1, 0.15) is 6.42 Å². The fourth-order valence-electron chi connectivity index (χ4n) is 1.58. The second-order valence-corrected chi connectivity index (χ2v) is 5.23. The molecule has 6 nitrogen and oxygen atoms in total. The molecule has 15 heavy (non-hydrogen) atoms. The van der Waals surface area contributed by atoms with Crippen LogP contribution in [0.3, 0.4) is 0 Å². The van der Waals surface area contributed by atoms with Gasteiger partial charge in [0.1, 0.15) is 4.90 Å². The second-order valence-electron chi connectivity index (χ2n) is 3.67. The van der Waals surface area contributed by atoms with E-state index < -0.39 is 10.0 Å². The van der Waals surface area contributed by atoms with Gasteiger partial charge in [0.25, 0.3) is 0 Å². The van der Waals surface area contributed by atoms with Crippen LogP contribution in [0.2, 0.25) is 0 Å². The molecule has 0 spiro atoms. The molecule has 0 radical (unpaired) electrons. The predicted octanol–water partition coefficient (Wildman–Crippen LogP) is -0.433. The van der Waals surface area contributed by atoms with Crippen molar-refractivity contribution in [3.8, 4) is 0 Å². The Morgan fingerprint density at radius 1 is 1.67 bits per heavy atom. The van der Waals surface area contributed by atoms with Crippen LogP contribution in [0.25, 0.3) is 0 Å². The van der Waals surface area contributed by atoms with Crippen molar-refractivity contribution in [2.45, 2.75) is 17.9 Å². The van der Waals surface area contributed by atoms with Crippen LogP contribution in [0, 0.1) is 5.92 Å². The quantitative estimate of drug-likeness (QED) is 0.764. The molecule has 84 valence electrons. The molecule has 0 aliphatic carbocycles. The van der Waals surface area contributed by atoms with Gasteiger partial charge < -0.3 is 4.74 Å². The van der Waals surface area contributed by atoms with Crippen molar-refractivity contribution in [1.82, 2.24) is 9.78 Å². The third-order valence-electron chi connectivity index (χ3n) is 2.41. The van der Waals surface area contributed by atoms with Crippen LogP contribution in [0.4, 0.5) is 0 Å². The molecule has 1 aliphatic rings. The van der Waals surface area contributed by atoms with E-state index in [1.54, 1.807) is 4.68 Å². The first-order valence-corrected chi connectivity index (χ1v) is 6.23. The highest BCUT2D eigenvalue weighted by atomic mass is 32.2. The largest absolute Gasteiger partial charge is 0.381 e. The molecule has 2 rings (SSSR count). The first-order valence-electron chi connectivity index (χ1n) is 4.69. The van der Waals surface area contributed by atoms with Crippen LogP contribution in [0.5, 0.6) is 0 Å². The summed E-state index contributed by atoms with van der Waals surface area (Å²) in [5.41, 5.74) is 0. The zero-order chi connectivity index (χ0) is 10.9. The van der Waals surface area contributed by atoms with Crippen LogP contribution in [-0.4, -0.2) is 31.4 Å². The number of nitrogens with zero attached hydrogens (tertiary/aromatic N) is 2. The van der Waals surface area contributed by atoms with Crippen molar-refractivity contribution in [3.63, 3.8) is 0 Å². The summed E-state index contributed by atoms with van der Waals surface area (Å²) in [5, 5.41) is 8.92. The van der Waals surface area contributed by atoms with Crippen LogP contribution in [-0.2, 0) is 21.3 Å². The zero-order valence-electron chi connectivity index (χ0n) is 8.17. The van der Waals surface area contributed by atoms with E-state index in [-0.39, 0.29) is 4.90 Å². The Morgan fingerprint density at radius 3 is 3.00 bits per heavy atom. The highest BCUT2D eigenvalue weighted by Crippen LogP contribution is 2.15. The van der Waals surface area contributed by atoms with Crippen molar-refractivity contribution >= 4 is 10.0 Å². The fourth-order valence-corrected chi connectivity index (χ4v) is 2.05. The Labute approximate surface area is 88.1 Å². The van der Waals surface area contributed by atoms with Crippen molar-refractivity contribution in [3.05, 3.63) is 12.4 Å².